The van der Waals surface area contributed by atoms with Crippen LogP contribution in [0.1, 0.15) is 13.8 Å². The standard InChI is InChI=1S/C20H19ClN2O2S/c1-13(2)25-19-18(14-7-9-17(26-3)10-8-14)12-22-23(20(19)24)16-6-4-5-15(21)11-16/h4-13H,1-3H3. The molecule has 0 amide bonds. The molecule has 3 aromatic rings. The highest BCUT2D eigenvalue weighted by Crippen LogP contribution is 2.29. The molecule has 1 aromatic heterocycles. The van der Waals surface area contributed by atoms with Crippen molar-refractivity contribution in [3.63, 3.8) is 0 Å². The van der Waals surface area contributed by atoms with Gasteiger partial charge in [-0.2, -0.15) is 9.78 Å². The molecule has 2 aromatic carbocycles. The summed E-state index contributed by atoms with van der Waals surface area (Å²) in [5.74, 6) is 0.284. The van der Waals surface area contributed by atoms with E-state index >= 15 is 0 Å². The van der Waals surface area contributed by atoms with Crippen molar-refractivity contribution in [3.8, 4) is 22.6 Å². The zero-order valence-electron chi connectivity index (χ0n) is 14.8. The molecular weight excluding hydrogens is 368 g/mol. The minimum atomic E-state index is -0.313. The van der Waals surface area contributed by atoms with E-state index < -0.39 is 0 Å². The minimum absolute atomic E-state index is 0.137. The third-order valence-electron chi connectivity index (χ3n) is 3.74. The molecule has 0 aliphatic rings. The first-order valence-electron chi connectivity index (χ1n) is 8.19. The van der Waals surface area contributed by atoms with Crippen LogP contribution in [0, 0.1) is 0 Å². The topological polar surface area (TPSA) is 44.1 Å². The summed E-state index contributed by atoms with van der Waals surface area (Å²) < 4.78 is 7.18. The first-order chi connectivity index (χ1) is 12.5. The summed E-state index contributed by atoms with van der Waals surface area (Å²) in [6.45, 7) is 3.79. The molecule has 26 heavy (non-hydrogen) atoms. The molecule has 0 aliphatic heterocycles. The molecule has 0 fully saturated rings. The molecule has 3 rings (SSSR count). The molecule has 0 bridgehead atoms. The Kier molecular flexibility index (Phi) is 5.69. The molecule has 134 valence electrons. The smallest absolute Gasteiger partial charge is 0.314 e. The van der Waals surface area contributed by atoms with E-state index in [1.165, 1.54) is 4.68 Å². The number of ether oxygens (including phenoxy) is 1. The summed E-state index contributed by atoms with van der Waals surface area (Å²) in [5.41, 5.74) is 1.85. The highest BCUT2D eigenvalue weighted by molar-refractivity contribution is 7.98. The van der Waals surface area contributed by atoms with E-state index in [4.69, 9.17) is 16.3 Å². The molecule has 1 heterocycles. The van der Waals surface area contributed by atoms with Crippen LogP contribution >= 0.6 is 23.4 Å². The summed E-state index contributed by atoms with van der Waals surface area (Å²) in [5, 5.41) is 4.88. The maximum absolute atomic E-state index is 13.1. The van der Waals surface area contributed by atoms with Crippen LogP contribution in [0.15, 0.2) is 64.4 Å². The molecule has 0 saturated heterocycles. The van der Waals surface area contributed by atoms with E-state index in [9.17, 15) is 4.79 Å². The number of thioether (sulfide) groups is 1. The van der Waals surface area contributed by atoms with E-state index in [0.29, 0.717) is 16.3 Å². The van der Waals surface area contributed by atoms with Crippen molar-refractivity contribution in [2.75, 3.05) is 6.26 Å². The minimum Gasteiger partial charge on any atom is -0.485 e. The maximum Gasteiger partial charge on any atom is 0.314 e. The zero-order chi connectivity index (χ0) is 18.7. The van der Waals surface area contributed by atoms with E-state index in [-0.39, 0.29) is 17.4 Å². The summed E-state index contributed by atoms with van der Waals surface area (Å²) in [4.78, 5) is 14.2. The SMILES string of the molecule is CSc1ccc(-c2cnn(-c3cccc(Cl)c3)c(=O)c2OC(C)C)cc1. The van der Waals surface area contributed by atoms with Gasteiger partial charge in [-0.3, -0.25) is 4.79 Å². The van der Waals surface area contributed by atoms with Gasteiger partial charge in [0.05, 0.1) is 18.0 Å². The molecular formula is C20H19ClN2O2S. The quantitative estimate of drug-likeness (QED) is 0.575. The molecule has 0 saturated carbocycles. The maximum atomic E-state index is 13.1. The molecule has 0 radical (unpaired) electrons. The van der Waals surface area contributed by atoms with Crippen LogP contribution in [0.5, 0.6) is 5.75 Å². The van der Waals surface area contributed by atoms with Crippen LogP contribution < -0.4 is 10.3 Å². The molecule has 0 N–H and O–H groups in total. The summed E-state index contributed by atoms with van der Waals surface area (Å²) in [7, 11) is 0. The van der Waals surface area contributed by atoms with Crippen LogP contribution in [-0.4, -0.2) is 22.1 Å². The van der Waals surface area contributed by atoms with Gasteiger partial charge in [0.15, 0.2) is 5.75 Å². The molecule has 0 atom stereocenters. The second kappa shape index (κ2) is 7.98. The summed E-state index contributed by atoms with van der Waals surface area (Å²) >= 11 is 7.72. The van der Waals surface area contributed by atoms with Gasteiger partial charge < -0.3 is 4.74 Å². The van der Waals surface area contributed by atoms with Crippen molar-refractivity contribution < 1.29 is 4.74 Å². The van der Waals surface area contributed by atoms with Gasteiger partial charge in [-0.25, -0.2) is 0 Å². The predicted molar refractivity (Wildman–Crippen MR) is 108 cm³/mol. The van der Waals surface area contributed by atoms with Crippen molar-refractivity contribution in [3.05, 3.63) is 70.1 Å². The fourth-order valence-corrected chi connectivity index (χ4v) is 3.15. The van der Waals surface area contributed by atoms with Crippen molar-refractivity contribution in [1.29, 1.82) is 0 Å². The Balaban J connectivity index is 2.16. The lowest BCUT2D eigenvalue weighted by Crippen LogP contribution is -2.25. The molecule has 0 spiro atoms. The fourth-order valence-electron chi connectivity index (χ4n) is 2.56. The third kappa shape index (κ3) is 3.94. The van der Waals surface area contributed by atoms with Gasteiger partial charge in [0.2, 0.25) is 0 Å². The highest BCUT2D eigenvalue weighted by Gasteiger charge is 2.17. The number of halogens is 1. The van der Waals surface area contributed by atoms with Gasteiger partial charge in [-0.05, 0) is 56.0 Å². The lowest BCUT2D eigenvalue weighted by atomic mass is 10.1. The average Bonchev–Trinajstić information content (AvgIpc) is 2.63. The van der Waals surface area contributed by atoms with E-state index in [0.717, 1.165) is 10.5 Å². The van der Waals surface area contributed by atoms with Crippen LogP contribution in [0.4, 0.5) is 0 Å². The molecule has 6 heteroatoms. The van der Waals surface area contributed by atoms with E-state index in [1.54, 1.807) is 42.2 Å². The monoisotopic (exact) mass is 386 g/mol. The summed E-state index contributed by atoms with van der Waals surface area (Å²) in [6.07, 6.45) is 3.55. The van der Waals surface area contributed by atoms with Gasteiger partial charge in [-0.1, -0.05) is 29.8 Å². The Morgan fingerprint density at radius 3 is 2.50 bits per heavy atom. The normalized spacial score (nSPS) is 11.0. The first-order valence-corrected chi connectivity index (χ1v) is 9.79. The number of benzene rings is 2. The van der Waals surface area contributed by atoms with Crippen molar-refractivity contribution in [1.82, 2.24) is 9.78 Å². The van der Waals surface area contributed by atoms with Gasteiger partial charge in [0.1, 0.15) is 0 Å². The molecule has 0 aliphatic carbocycles. The van der Waals surface area contributed by atoms with Crippen molar-refractivity contribution >= 4 is 23.4 Å². The Bertz CT molecular complexity index is 968. The number of hydrogen-bond acceptors (Lipinski definition) is 4. The van der Waals surface area contributed by atoms with Gasteiger partial charge >= 0.3 is 5.56 Å². The van der Waals surface area contributed by atoms with Crippen molar-refractivity contribution in [2.45, 2.75) is 24.8 Å². The van der Waals surface area contributed by atoms with Gasteiger partial charge in [-0.15, -0.1) is 11.8 Å². The predicted octanol–water partition coefficient (Wildman–Crippen LogP) is 5.06. The lowest BCUT2D eigenvalue weighted by Gasteiger charge is -2.15. The largest absolute Gasteiger partial charge is 0.485 e. The number of hydrogen-bond donors (Lipinski definition) is 0. The Morgan fingerprint density at radius 1 is 1.15 bits per heavy atom. The Hall–Kier alpha value is -2.24. The Morgan fingerprint density at radius 2 is 1.88 bits per heavy atom. The number of rotatable bonds is 5. The second-order valence-corrected chi connectivity index (χ2v) is 7.30. The van der Waals surface area contributed by atoms with Crippen molar-refractivity contribution in [2.24, 2.45) is 0 Å². The van der Waals surface area contributed by atoms with Gasteiger partial charge in [0.25, 0.3) is 0 Å². The first kappa shape index (κ1) is 18.5. The van der Waals surface area contributed by atoms with Gasteiger partial charge in [0, 0.05) is 15.5 Å². The highest BCUT2D eigenvalue weighted by atomic mass is 35.5. The number of nitrogens with zero attached hydrogens (tertiary/aromatic N) is 2. The van der Waals surface area contributed by atoms with Crippen LogP contribution in [0.25, 0.3) is 16.8 Å². The average molecular weight is 387 g/mol. The van der Waals surface area contributed by atoms with Crippen LogP contribution in [0.3, 0.4) is 0 Å². The van der Waals surface area contributed by atoms with Crippen LogP contribution in [-0.2, 0) is 0 Å². The number of aromatic nitrogens is 2. The lowest BCUT2D eigenvalue weighted by molar-refractivity contribution is 0.238. The van der Waals surface area contributed by atoms with E-state index in [2.05, 4.69) is 5.10 Å². The fraction of sp³-hybridized carbons (Fsp3) is 0.200. The Labute approximate surface area is 161 Å². The third-order valence-corrected chi connectivity index (χ3v) is 4.72. The summed E-state index contributed by atoms with van der Waals surface area (Å²) in [6, 6.07) is 15.0. The second-order valence-electron chi connectivity index (χ2n) is 5.98. The molecule has 0 unspecified atom stereocenters. The zero-order valence-corrected chi connectivity index (χ0v) is 16.3. The van der Waals surface area contributed by atoms with E-state index in [1.807, 2.05) is 44.4 Å². The molecule has 4 nitrogen and oxygen atoms in total. The van der Waals surface area contributed by atoms with Crippen LogP contribution in [0.2, 0.25) is 5.02 Å².